The lowest BCUT2D eigenvalue weighted by molar-refractivity contribution is 0.894. The fraction of sp³-hybridized carbons (Fsp3) is 0.0588. The van der Waals surface area contributed by atoms with E-state index >= 15 is 0 Å². The molecule has 0 saturated carbocycles. The van der Waals surface area contributed by atoms with Crippen LogP contribution in [0.2, 0.25) is 0 Å². The Bertz CT molecular complexity index is 950. The van der Waals surface area contributed by atoms with Crippen LogP contribution >= 0.6 is 0 Å². The maximum absolute atomic E-state index is 6.25. The first-order valence-corrected chi connectivity index (χ1v) is 7.07. The minimum absolute atomic E-state index is 0.659. The summed E-state index contributed by atoms with van der Waals surface area (Å²) in [5, 5.41) is 4.70. The topological polar surface area (TPSA) is 61.1 Å². The van der Waals surface area contributed by atoms with Crippen molar-refractivity contribution in [2.45, 2.75) is 6.92 Å². The molecule has 0 bridgehead atoms. The molecule has 0 aliphatic carbocycles. The molecule has 0 atom stereocenters. The summed E-state index contributed by atoms with van der Waals surface area (Å²) >= 11 is 0. The van der Waals surface area contributed by atoms with Crippen LogP contribution < -0.4 is 5.73 Å². The van der Waals surface area contributed by atoms with Gasteiger partial charge in [0.1, 0.15) is 11.5 Å². The Morgan fingerprint density at radius 3 is 2.68 bits per heavy atom. The molecule has 1 aromatic carbocycles. The van der Waals surface area contributed by atoms with Gasteiger partial charge in [0.05, 0.1) is 11.4 Å². The zero-order valence-corrected chi connectivity index (χ0v) is 12.1. The molecule has 0 radical (unpaired) electrons. The molecular weight excluding hydrogens is 274 g/mol. The highest BCUT2D eigenvalue weighted by atomic mass is 15.3. The van der Waals surface area contributed by atoms with Gasteiger partial charge in [0.2, 0.25) is 0 Å². The molecule has 0 fully saturated rings. The molecule has 0 spiro atoms. The van der Waals surface area contributed by atoms with Crippen molar-refractivity contribution < 1.29 is 0 Å². The van der Waals surface area contributed by atoms with Crippen molar-refractivity contribution in [1.82, 2.24) is 19.2 Å². The Hall–Kier alpha value is -3.08. The molecule has 2 N–H and O–H groups in total. The fourth-order valence-corrected chi connectivity index (χ4v) is 2.61. The SMILES string of the molecule is Cc1c(-c2ccc3nccn3c2)nn(-c2ccccc2)c1N. The van der Waals surface area contributed by atoms with E-state index in [0.29, 0.717) is 5.82 Å². The third-order valence-corrected chi connectivity index (χ3v) is 3.83. The fourth-order valence-electron chi connectivity index (χ4n) is 2.61. The normalized spacial score (nSPS) is 11.1. The molecule has 4 aromatic rings. The smallest absolute Gasteiger partial charge is 0.136 e. The second-order valence-corrected chi connectivity index (χ2v) is 5.22. The molecule has 22 heavy (non-hydrogen) atoms. The first-order valence-electron chi connectivity index (χ1n) is 7.07. The highest BCUT2D eigenvalue weighted by Crippen LogP contribution is 2.28. The monoisotopic (exact) mass is 289 g/mol. The van der Waals surface area contributed by atoms with Gasteiger partial charge in [-0.1, -0.05) is 18.2 Å². The van der Waals surface area contributed by atoms with E-state index < -0.39 is 0 Å². The summed E-state index contributed by atoms with van der Waals surface area (Å²) in [7, 11) is 0. The average Bonchev–Trinajstić information content (AvgIpc) is 3.13. The number of nitrogens with zero attached hydrogens (tertiary/aromatic N) is 4. The van der Waals surface area contributed by atoms with Gasteiger partial charge in [0, 0.05) is 29.7 Å². The Kier molecular flexibility index (Phi) is 2.72. The van der Waals surface area contributed by atoms with Gasteiger partial charge in [0.15, 0.2) is 0 Å². The van der Waals surface area contributed by atoms with Crippen LogP contribution in [0.3, 0.4) is 0 Å². The molecule has 4 rings (SSSR count). The number of rotatable bonds is 2. The van der Waals surface area contributed by atoms with E-state index in [1.54, 1.807) is 10.9 Å². The second kappa shape index (κ2) is 4.73. The Labute approximate surface area is 127 Å². The Morgan fingerprint density at radius 2 is 1.86 bits per heavy atom. The first kappa shape index (κ1) is 12.6. The van der Waals surface area contributed by atoms with Gasteiger partial charge >= 0.3 is 0 Å². The average molecular weight is 289 g/mol. The number of hydrogen-bond acceptors (Lipinski definition) is 3. The minimum atomic E-state index is 0.659. The van der Waals surface area contributed by atoms with Gasteiger partial charge in [-0.3, -0.25) is 0 Å². The lowest BCUT2D eigenvalue weighted by Gasteiger charge is -2.02. The van der Waals surface area contributed by atoms with Crippen LogP contribution in [0.4, 0.5) is 5.82 Å². The van der Waals surface area contributed by atoms with E-state index in [4.69, 9.17) is 10.8 Å². The molecule has 0 aliphatic heterocycles. The lowest BCUT2D eigenvalue weighted by Crippen LogP contribution is -2.01. The maximum atomic E-state index is 6.25. The number of nitrogen functional groups attached to an aromatic ring is 1. The summed E-state index contributed by atoms with van der Waals surface area (Å²) in [6, 6.07) is 13.9. The molecule has 108 valence electrons. The summed E-state index contributed by atoms with van der Waals surface area (Å²) in [4.78, 5) is 4.26. The van der Waals surface area contributed by atoms with Crippen molar-refractivity contribution in [2.24, 2.45) is 0 Å². The van der Waals surface area contributed by atoms with E-state index in [-0.39, 0.29) is 0 Å². The highest BCUT2D eigenvalue weighted by molar-refractivity contribution is 5.69. The second-order valence-electron chi connectivity index (χ2n) is 5.22. The summed E-state index contributed by atoms with van der Waals surface area (Å²) in [6.07, 6.45) is 5.72. The quantitative estimate of drug-likeness (QED) is 0.617. The van der Waals surface area contributed by atoms with Crippen LogP contribution in [0.5, 0.6) is 0 Å². The summed E-state index contributed by atoms with van der Waals surface area (Å²) in [6.45, 7) is 2.00. The number of benzene rings is 1. The number of anilines is 1. The van der Waals surface area contributed by atoms with E-state index in [2.05, 4.69) is 4.98 Å². The third-order valence-electron chi connectivity index (χ3n) is 3.83. The molecule has 0 saturated heterocycles. The van der Waals surface area contributed by atoms with Gasteiger partial charge in [-0.2, -0.15) is 5.10 Å². The number of hydrogen-bond donors (Lipinski definition) is 1. The zero-order chi connectivity index (χ0) is 15.1. The van der Waals surface area contributed by atoms with Crippen LogP contribution in [0.1, 0.15) is 5.56 Å². The zero-order valence-electron chi connectivity index (χ0n) is 12.1. The predicted octanol–water partition coefficient (Wildman–Crippen LogP) is 3.08. The van der Waals surface area contributed by atoms with E-state index in [1.807, 2.05) is 66.2 Å². The summed E-state index contributed by atoms with van der Waals surface area (Å²) in [5.41, 5.74) is 11.0. The van der Waals surface area contributed by atoms with Crippen molar-refractivity contribution in [2.75, 3.05) is 5.73 Å². The van der Waals surface area contributed by atoms with Gasteiger partial charge in [-0.05, 0) is 31.2 Å². The van der Waals surface area contributed by atoms with Crippen molar-refractivity contribution >= 4 is 11.5 Å². The standard InChI is InChI=1S/C17H15N5/c1-12-16(13-7-8-15-19-9-10-21(15)11-13)20-22(17(12)18)14-5-3-2-4-6-14/h2-11H,18H2,1H3. The molecule has 0 aliphatic rings. The lowest BCUT2D eigenvalue weighted by atomic mass is 10.1. The van der Waals surface area contributed by atoms with Crippen LogP contribution in [-0.2, 0) is 0 Å². The molecule has 3 aromatic heterocycles. The van der Waals surface area contributed by atoms with Gasteiger partial charge in [-0.25, -0.2) is 9.67 Å². The largest absolute Gasteiger partial charge is 0.383 e. The van der Waals surface area contributed by atoms with Crippen molar-refractivity contribution in [3.8, 4) is 16.9 Å². The van der Waals surface area contributed by atoms with E-state index in [1.165, 1.54) is 0 Å². The first-order chi connectivity index (χ1) is 10.7. The highest BCUT2D eigenvalue weighted by Gasteiger charge is 2.15. The van der Waals surface area contributed by atoms with Gasteiger partial charge in [0.25, 0.3) is 0 Å². The van der Waals surface area contributed by atoms with Gasteiger partial charge < -0.3 is 10.1 Å². The molecule has 3 heterocycles. The summed E-state index contributed by atoms with van der Waals surface area (Å²) in [5.74, 6) is 0.659. The number of pyridine rings is 1. The number of para-hydroxylation sites is 1. The Morgan fingerprint density at radius 1 is 1.05 bits per heavy atom. The molecule has 5 heteroatoms. The molecular formula is C17H15N5. The van der Waals surface area contributed by atoms with Crippen LogP contribution in [0.15, 0.2) is 61.1 Å². The minimum Gasteiger partial charge on any atom is -0.383 e. The number of aromatic nitrogens is 4. The van der Waals surface area contributed by atoms with Crippen LogP contribution in [0, 0.1) is 6.92 Å². The third kappa shape index (κ3) is 1.87. The van der Waals surface area contributed by atoms with Crippen molar-refractivity contribution in [3.63, 3.8) is 0 Å². The van der Waals surface area contributed by atoms with Crippen LogP contribution in [-0.4, -0.2) is 19.2 Å². The molecule has 0 amide bonds. The number of fused-ring (bicyclic) bond motifs is 1. The van der Waals surface area contributed by atoms with Crippen LogP contribution in [0.25, 0.3) is 22.6 Å². The molecule has 5 nitrogen and oxygen atoms in total. The number of nitrogens with two attached hydrogens (primary N) is 1. The van der Waals surface area contributed by atoms with Gasteiger partial charge in [-0.15, -0.1) is 0 Å². The Balaban J connectivity index is 1.89. The molecule has 0 unspecified atom stereocenters. The van der Waals surface area contributed by atoms with E-state index in [0.717, 1.165) is 28.2 Å². The number of imidazole rings is 1. The van der Waals surface area contributed by atoms with Crippen molar-refractivity contribution in [3.05, 3.63) is 66.6 Å². The maximum Gasteiger partial charge on any atom is 0.136 e. The summed E-state index contributed by atoms with van der Waals surface area (Å²) < 4.78 is 3.76. The predicted molar refractivity (Wildman–Crippen MR) is 86.9 cm³/mol. The van der Waals surface area contributed by atoms with E-state index in [9.17, 15) is 0 Å². The van der Waals surface area contributed by atoms with Crippen molar-refractivity contribution in [1.29, 1.82) is 0 Å².